The third-order valence-electron chi connectivity index (χ3n) is 4.04. The van der Waals surface area contributed by atoms with Crippen LogP contribution in [0.1, 0.15) is 5.56 Å². The van der Waals surface area contributed by atoms with Gasteiger partial charge in [-0.3, -0.25) is 4.90 Å². The van der Waals surface area contributed by atoms with Crippen LogP contribution in [-0.4, -0.2) is 41.1 Å². The number of hydrogen-bond acceptors (Lipinski definition) is 2. The van der Waals surface area contributed by atoms with Gasteiger partial charge in [0.2, 0.25) is 0 Å². The van der Waals surface area contributed by atoms with E-state index in [9.17, 15) is 0 Å². The van der Waals surface area contributed by atoms with Gasteiger partial charge in [0, 0.05) is 42.9 Å². The number of rotatable bonds is 3. The SMILES string of the molecule is S=C(Nc1ccccc1)N1CCN(Cc2ccccc2Br)CC1. The zero-order valence-corrected chi connectivity index (χ0v) is 15.3. The lowest BCUT2D eigenvalue weighted by atomic mass is 10.2. The molecule has 5 heteroatoms. The number of anilines is 1. The molecule has 2 aromatic rings. The molecule has 0 spiro atoms. The van der Waals surface area contributed by atoms with Crippen molar-refractivity contribution in [2.24, 2.45) is 0 Å². The van der Waals surface area contributed by atoms with Crippen LogP contribution in [-0.2, 0) is 6.54 Å². The Balaban J connectivity index is 1.50. The number of benzene rings is 2. The maximum atomic E-state index is 5.53. The Hall–Kier alpha value is -1.43. The Morgan fingerprint density at radius 1 is 0.957 bits per heavy atom. The lowest BCUT2D eigenvalue weighted by Crippen LogP contribution is -2.49. The summed E-state index contributed by atoms with van der Waals surface area (Å²) in [7, 11) is 0. The minimum Gasteiger partial charge on any atom is -0.346 e. The molecule has 1 fully saturated rings. The van der Waals surface area contributed by atoms with Crippen molar-refractivity contribution in [3.63, 3.8) is 0 Å². The molecule has 1 heterocycles. The minimum absolute atomic E-state index is 0.816. The van der Waals surface area contributed by atoms with Crippen LogP contribution in [0.3, 0.4) is 0 Å². The predicted octanol–water partition coefficient (Wildman–Crippen LogP) is 3.96. The summed E-state index contributed by atoms with van der Waals surface area (Å²) < 4.78 is 1.18. The third-order valence-corrected chi connectivity index (χ3v) is 5.17. The number of thiocarbonyl (C=S) groups is 1. The first-order valence-corrected chi connectivity index (χ1v) is 8.99. The van der Waals surface area contributed by atoms with E-state index < -0.39 is 0 Å². The van der Waals surface area contributed by atoms with E-state index in [1.807, 2.05) is 30.3 Å². The number of nitrogens with zero attached hydrogens (tertiary/aromatic N) is 2. The Labute approximate surface area is 151 Å². The molecule has 0 atom stereocenters. The van der Waals surface area contributed by atoms with Gasteiger partial charge in [-0.05, 0) is 36.0 Å². The largest absolute Gasteiger partial charge is 0.346 e. The second-order valence-electron chi connectivity index (χ2n) is 5.65. The molecule has 0 amide bonds. The fourth-order valence-electron chi connectivity index (χ4n) is 2.70. The zero-order chi connectivity index (χ0) is 16.1. The molecule has 1 aliphatic heterocycles. The van der Waals surface area contributed by atoms with Crippen LogP contribution < -0.4 is 5.32 Å². The first-order chi connectivity index (χ1) is 11.2. The number of piperazine rings is 1. The van der Waals surface area contributed by atoms with E-state index in [1.165, 1.54) is 10.0 Å². The summed E-state index contributed by atoms with van der Waals surface area (Å²) in [4.78, 5) is 4.72. The molecule has 0 bridgehead atoms. The first-order valence-electron chi connectivity index (χ1n) is 7.79. The lowest BCUT2D eigenvalue weighted by molar-refractivity contribution is 0.176. The molecule has 1 aliphatic rings. The molecule has 3 nitrogen and oxygen atoms in total. The van der Waals surface area contributed by atoms with Crippen LogP contribution in [0, 0.1) is 0 Å². The van der Waals surface area contributed by atoms with Crippen LogP contribution >= 0.6 is 28.1 Å². The summed E-state index contributed by atoms with van der Waals surface area (Å²) in [5.41, 5.74) is 2.39. The number of para-hydroxylation sites is 1. The van der Waals surface area contributed by atoms with Crippen LogP contribution in [0.25, 0.3) is 0 Å². The maximum Gasteiger partial charge on any atom is 0.173 e. The van der Waals surface area contributed by atoms with Crippen molar-refractivity contribution >= 4 is 38.9 Å². The van der Waals surface area contributed by atoms with E-state index in [4.69, 9.17) is 12.2 Å². The first kappa shape index (κ1) is 16.4. The van der Waals surface area contributed by atoms with E-state index in [0.29, 0.717) is 0 Å². The molecule has 0 radical (unpaired) electrons. The summed E-state index contributed by atoms with van der Waals surface area (Å²) >= 11 is 9.16. The smallest absolute Gasteiger partial charge is 0.173 e. The number of nitrogens with one attached hydrogen (secondary N) is 1. The van der Waals surface area contributed by atoms with E-state index in [-0.39, 0.29) is 0 Å². The summed E-state index contributed by atoms with van der Waals surface area (Å²) in [5, 5.41) is 4.13. The Morgan fingerprint density at radius 3 is 2.30 bits per heavy atom. The predicted molar refractivity (Wildman–Crippen MR) is 104 cm³/mol. The fraction of sp³-hybridized carbons (Fsp3) is 0.278. The van der Waals surface area contributed by atoms with Crippen molar-refractivity contribution in [3.05, 3.63) is 64.6 Å². The van der Waals surface area contributed by atoms with Crippen molar-refractivity contribution in [2.45, 2.75) is 6.54 Å². The highest BCUT2D eigenvalue weighted by atomic mass is 79.9. The topological polar surface area (TPSA) is 18.5 Å². The van der Waals surface area contributed by atoms with Gasteiger partial charge in [-0.2, -0.15) is 0 Å². The van der Waals surface area contributed by atoms with E-state index in [0.717, 1.165) is 43.5 Å². The standard InChI is InChI=1S/C18H20BrN3S/c19-17-9-5-4-6-15(17)14-21-10-12-22(13-11-21)18(23)20-16-7-2-1-3-8-16/h1-9H,10-14H2,(H,20,23). The third kappa shape index (κ3) is 4.53. The van der Waals surface area contributed by atoms with Gasteiger partial charge in [0.05, 0.1) is 0 Å². The zero-order valence-electron chi connectivity index (χ0n) is 12.9. The molecule has 120 valence electrons. The molecule has 0 saturated carbocycles. The quantitative estimate of drug-likeness (QED) is 0.800. The van der Waals surface area contributed by atoms with Gasteiger partial charge >= 0.3 is 0 Å². The van der Waals surface area contributed by atoms with Gasteiger partial charge in [0.15, 0.2) is 5.11 Å². The molecule has 0 aliphatic carbocycles. The molecule has 0 unspecified atom stereocenters. The molecular formula is C18H20BrN3S. The van der Waals surface area contributed by atoms with Crippen molar-refractivity contribution in [2.75, 3.05) is 31.5 Å². The van der Waals surface area contributed by atoms with E-state index in [1.54, 1.807) is 0 Å². The molecular weight excluding hydrogens is 370 g/mol. The van der Waals surface area contributed by atoms with Gasteiger partial charge in [-0.1, -0.05) is 52.3 Å². The molecule has 23 heavy (non-hydrogen) atoms. The van der Waals surface area contributed by atoms with Crippen molar-refractivity contribution in [3.8, 4) is 0 Å². The van der Waals surface area contributed by atoms with Crippen LogP contribution in [0.2, 0.25) is 0 Å². The molecule has 1 saturated heterocycles. The Bertz CT molecular complexity index is 654. The summed E-state index contributed by atoms with van der Waals surface area (Å²) in [6.45, 7) is 4.95. The normalized spacial score (nSPS) is 15.4. The average Bonchev–Trinajstić information content (AvgIpc) is 2.58. The van der Waals surface area contributed by atoms with Crippen molar-refractivity contribution < 1.29 is 0 Å². The second-order valence-corrected chi connectivity index (χ2v) is 6.89. The van der Waals surface area contributed by atoms with Crippen molar-refractivity contribution in [1.29, 1.82) is 0 Å². The Kier molecular flexibility index (Phi) is 5.65. The van der Waals surface area contributed by atoms with Gasteiger partial charge in [-0.25, -0.2) is 0 Å². The van der Waals surface area contributed by atoms with Crippen molar-refractivity contribution in [1.82, 2.24) is 9.80 Å². The summed E-state index contributed by atoms with van der Waals surface area (Å²) in [6.07, 6.45) is 0. The molecule has 0 aromatic heterocycles. The fourth-order valence-corrected chi connectivity index (χ4v) is 3.41. The molecule has 1 N–H and O–H groups in total. The average molecular weight is 390 g/mol. The van der Waals surface area contributed by atoms with Gasteiger partial charge in [-0.15, -0.1) is 0 Å². The highest BCUT2D eigenvalue weighted by Crippen LogP contribution is 2.18. The van der Waals surface area contributed by atoms with Crippen LogP contribution in [0.15, 0.2) is 59.1 Å². The van der Waals surface area contributed by atoms with E-state index in [2.05, 4.69) is 55.3 Å². The molecule has 2 aromatic carbocycles. The number of hydrogen-bond donors (Lipinski definition) is 1. The second kappa shape index (κ2) is 7.90. The van der Waals surface area contributed by atoms with E-state index >= 15 is 0 Å². The monoisotopic (exact) mass is 389 g/mol. The van der Waals surface area contributed by atoms with Gasteiger partial charge in [0.1, 0.15) is 0 Å². The minimum atomic E-state index is 0.816. The van der Waals surface area contributed by atoms with Gasteiger partial charge in [0.25, 0.3) is 0 Å². The van der Waals surface area contributed by atoms with Crippen LogP contribution in [0.5, 0.6) is 0 Å². The lowest BCUT2D eigenvalue weighted by Gasteiger charge is -2.36. The summed E-state index contributed by atoms with van der Waals surface area (Å²) in [6, 6.07) is 18.5. The summed E-state index contributed by atoms with van der Waals surface area (Å²) in [5.74, 6) is 0. The maximum absolute atomic E-state index is 5.53. The number of halogens is 1. The molecule has 3 rings (SSSR count). The highest BCUT2D eigenvalue weighted by Gasteiger charge is 2.19. The highest BCUT2D eigenvalue weighted by molar-refractivity contribution is 9.10. The van der Waals surface area contributed by atoms with Crippen LogP contribution in [0.4, 0.5) is 5.69 Å². The van der Waals surface area contributed by atoms with Gasteiger partial charge < -0.3 is 10.2 Å². The Morgan fingerprint density at radius 2 is 1.61 bits per heavy atom.